The summed E-state index contributed by atoms with van der Waals surface area (Å²) >= 11 is 0. The van der Waals surface area contributed by atoms with E-state index in [-0.39, 0.29) is 11.5 Å². The van der Waals surface area contributed by atoms with Crippen molar-refractivity contribution < 1.29 is 4.79 Å². The van der Waals surface area contributed by atoms with Crippen LogP contribution in [0.5, 0.6) is 0 Å². The monoisotopic (exact) mass is 273 g/mol. The highest BCUT2D eigenvalue weighted by atomic mass is 16.1. The maximum atomic E-state index is 11.7. The van der Waals surface area contributed by atoms with Crippen LogP contribution in [0.4, 0.5) is 11.4 Å². The Morgan fingerprint density at radius 1 is 1.25 bits per heavy atom. The van der Waals surface area contributed by atoms with Gasteiger partial charge in [-0.25, -0.2) is 4.98 Å². The number of hydrogen-bond donors (Lipinski definition) is 3. The molecule has 1 fully saturated rings. The lowest BCUT2D eigenvalue weighted by Crippen LogP contribution is -2.29. The van der Waals surface area contributed by atoms with Crippen LogP contribution in [0.15, 0.2) is 23.3 Å². The molecular formula is C13H15N5O2. The highest BCUT2D eigenvalue weighted by Crippen LogP contribution is 2.27. The van der Waals surface area contributed by atoms with Gasteiger partial charge in [-0.2, -0.15) is 0 Å². The normalized spacial score (nSPS) is 16.0. The predicted molar refractivity (Wildman–Crippen MR) is 76.6 cm³/mol. The highest BCUT2D eigenvalue weighted by Gasteiger charge is 2.17. The summed E-state index contributed by atoms with van der Waals surface area (Å²) < 4.78 is 0. The second-order valence-electron chi connectivity index (χ2n) is 4.75. The van der Waals surface area contributed by atoms with Gasteiger partial charge < -0.3 is 20.9 Å². The number of nitrogens with two attached hydrogens (primary N) is 1. The third kappa shape index (κ3) is 2.18. The third-order valence-corrected chi connectivity index (χ3v) is 3.44. The van der Waals surface area contributed by atoms with E-state index in [2.05, 4.69) is 15.3 Å². The number of nitrogens with one attached hydrogen (secondary N) is 2. The van der Waals surface area contributed by atoms with E-state index in [1.165, 1.54) is 6.33 Å². The molecule has 2 heterocycles. The Kier molecular flexibility index (Phi) is 3.02. The first kappa shape index (κ1) is 12.5. The molecule has 1 aromatic carbocycles. The zero-order chi connectivity index (χ0) is 14.1. The van der Waals surface area contributed by atoms with Crippen LogP contribution in [0.2, 0.25) is 0 Å². The van der Waals surface area contributed by atoms with Crippen LogP contribution in [0.25, 0.3) is 10.9 Å². The smallest absolute Gasteiger partial charge is 0.258 e. The van der Waals surface area contributed by atoms with Crippen LogP contribution in [0.3, 0.4) is 0 Å². The molecule has 104 valence electrons. The van der Waals surface area contributed by atoms with Gasteiger partial charge in [-0.15, -0.1) is 0 Å². The van der Waals surface area contributed by atoms with Crippen LogP contribution >= 0.6 is 0 Å². The van der Waals surface area contributed by atoms with Crippen LogP contribution in [0, 0.1) is 0 Å². The lowest BCUT2D eigenvalue weighted by atomic mass is 10.1. The molecule has 7 heteroatoms. The number of carbonyl (C=O) groups excluding carboxylic acids is 1. The highest BCUT2D eigenvalue weighted by molar-refractivity contribution is 5.89. The van der Waals surface area contributed by atoms with Crippen molar-refractivity contribution >= 4 is 28.2 Å². The molecule has 0 radical (unpaired) electrons. The number of fused-ring (bicyclic) bond motifs is 1. The second kappa shape index (κ2) is 4.84. The first-order valence-electron chi connectivity index (χ1n) is 6.44. The van der Waals surface area contributed by atoms with Gasteiger partial charge in [-0.05, 0) is 12.1 Å². The molecule has 7 nitrogen and oxygen atoms in total. The first-order chi connectivity index (χ1) is 9.65. The minimum atomic E-state index is -0.207. The van der Waals surface area contributed by atoms with E-state index in [9.17, 15) is 9.59 Å². The molecule has 0 atom stereocenters. The summed E-state index contributed by atoms with van der Waals surface area (Å²) in [6.07, 6.45) is 1.80. The zero-order valence-electron chi connectivity index (χ0n) is 10.8. The standard InChI is InChI=1S/C13H15N5O2/c14-9-5-8-10(16-7-17-13(8)20)6-11(9)18-3-1-12(19)15-2-4-18/h5-7H,1-4,14H2,(H,15,19)(H,16,17,20). The van der Waals surface area contributed by atoms with Crippen molar-refractivity contribution in [2.75, 3.05) is 30.3 Å². The maximum absolute atomic E-state index is 11.7. The van der Waals surface area contributed by atoms with E-state index in [1.807, 2.05) is 4.90 Å². The fourth-order valence-corrected chi connectivity index (χ4v) is 2.40. The molecule has 20 heavy (non-hydrogen) atoms. The predicted octanol–water partition coefficient (Wildman–Crippen LogP) is -0.168. The van der Waals surface area contributed by atoms with Crippen LogP contribution in [-0.4, -0.2) is 35.5 Å². The molecule has 2 aromatic rings. The number of aromatic nitrogens is 2. The molecule has 1 aliphatic rings. The number of hydrogen-bond acceptors (Lipinski definition) is 5. The van der Waals surface area contributed by atoms with E-state index in [1.54, 1.807) is 12.1 Å². The number of aromatic amines is 1. The molecular weight excluding hydrogens is 258 g/mol. The van der Waals surface area contributed by atoms with Crippen molar-refractivity contribution in [3.8, 4) is 0 Å². The number of anilines is 2. The van der Waals surface area contributed by atoms with E-state index >= 15 is 0 Å². The topological polar surface area (TPSA) is 104 Å². The van der Waals surface area contributed by atoms with Gasteiger partial charge in [0.2, 0.25) is 5.91 Å². The number of benzene rings is 1. The van der Waals surface area contributed by atoms with Crippen molar-refractivity contribution in [2.24, 2.45) is 0 Å². The van der Waals surface area contributed by atoms with Crippen molar-refractivity contribution in [2.45, 2.75) is 6.42 Å². The van der Waals surface area contributed by atoms with Gasteiger partial charge in [0, 0.05) is 26.1 Å². The molecule has 1 aromatic heterocycles. The number of amides is 1. The van der Waals surface area contributed by atoms with E-state index in [0.29, 0.717) is 42.6 Å². The summed E-state index contributed by atoms with van der Waals surface area (Å²) in [6, 6.07) is 3.44. The maximum Gasteiger partial charge on any atom is 0.258 e. The summed E-state index contributed by atoms with van der Waals surface area (Å²) in [4.78, 5) is 31.8. The van der Waals surface area contributed by atoms with Gasteiger partial charge in [0.15, 0.2) is 0 Å². The summed E-state index contributed by atoms with van der Waals surface area (Å²) in [5, 5.41) is 3.29. The molecule has 0 unspecified atom stereocenters. The zero-order valence-corrected chi connectivity index (χ0v) is 10.8. The van der Waals surface area contributed by atoms with Crippen molar-refractivity contribution in [1.29, 1.82) is 0 Å². The number of carbonyl (C=O) groups is 1. The van der Waals surface area contributed by atoms with Gasteiger partial charge in [0.25, 0.3) is 5.56 Å². The van der Waals surface area contributed by atoms with Crippen molar-refractivity contribution in [1.82, 2.24) is 15.3 Å². The Morgan fingerprint density at radius 3 is 2.95 bits per heavy atom. The van der Waals surface area contributed by atoms with Crippen molar-refractivity contribution in [3.05, 3.63) is 28.8 Å². The summed E-state index contributed by atoms with van der Waals surface area (Å²) in [6.45, 7) is 1.87. The van der Waals surface area contributed by atoms with Crippen LogP contribution < -0.4 is 21.5 Å². The average molecular weight is 273 g/mol. The lowest BCUT2D eigenvalue weighted by molar-refractivity contribution is -0.120. The molecule has 4 N–H and O–H groups in total. The Balaban J connectivity index is 2.05. The molecule has 0 aliphatic carbocycles. The largest absolute Gasteiger partial charge is 0.397 e. The van der Waals surface area contributed by atoms with Gasteiger partial charge in [-0.3, -0.25) is 9.59 Å². The fourth-order valence-electron chi connectivity index (χ4n) is 2.40. The molecule has 3 rings (SSSR count). The third-order valence-electron chi connectivity index (χ3n) is 3.44. The minimum Gasteiger partial charge on any atom is -0.397 e. The van der Waals surface area contributed by atoms with Crippen LogP contribution in [0.1, 0.15) is 6.42 Å². The van der Waals surface area contributed by atoms with E-state index in [4.69, 9.17) is 5.73 Å². The molecule has 1 saturated heterocycles. The van der Waals surface area contributed by atoms with Gasteiger partial charge in [0.05, 0.1) is 28.6 Å². The minimum absolute atomic E-state index is 0.0430. The Bertz CT molecular complexity index is 724. The van der Waals surface area contributed by atoms with Crippen molar-refractivity contribution in [3.63, 3.8) is 0 Å². The second-order valence-corrected chi connectivity index (χ2v) is 4.75. The molecule has 1 amide bonds. The summed E-state index contributed by atoms with van der Waals surface area (Å²) in [7, 11) is 0. The fraction of sp³-hybridized carbons (Fsp3) is 0.308. The molecule has 0 spiro atoms. The number of nitrogens with zero attached hydrogens (tertiary/aromatic N) is 2. The van der Waals surface area contributed by atoms with E-state index in [0.717, 1.165) is 5.69 Å². The van der Waals surface area contributed by atoms with Gasteiger partial charge in [-0.1, -0.05) is 0 Å². The Hall–Kier alpha value is -2.57. The number of H-pyrrole nitrogens is 1. The Morgan fingerprint density at radius 2 is 2.10 bits per heavy atom. The lowest BCUT2D eigenvalue weighted by Gasteiger charge is -2.23. The number of nitrogen functional groups attached to an aromatic ring is 1. The molecule has 0 bridgehead atoms. The quantitative estimate of drug-likeness (QED) is 0.626. The summed E-state index contributed by atoms with van der Waals surface area (Å²) in [5.41, 5.74) is 7.77. The van der Waals surface area contributed by atoms with Gasteiger partial charge in [0.1, 0.15) is 0 Å². The summed E-state index contributed by atoms with van der Waals surface area (Å²) in [5.74, 6) is 0.0430. The SMILES string of the molecule is Nc1cc2c(=O)[nH]cnc2cc1N1CCNC(=O)CC1. The van der Waals surface area contributed by atoms with E-state index < -0.39 is 0 Å². The van der Waals surface area contributed by atoms with Crippen LogP contribution in [-0.2, 0) is 4.79 Å². The molecule has 0 saturated carbocycles. The number of rotatable bonds is 1. The van der Waals surface area contributed by atoms with Gasteiger partial charge >= 0.3 is 0 Å². The average Bonchev–Trinajstić information content (AvgIpc) is 2.64. The first-order valence-corrected chi connectivity index (χ1v) is 6.44. The Labute approximate surface area is 114 Å². The molecule has 1 aliphatic heterocycles.